The van der Waals surface area contributed by atoms with Gasteiger partial charge >= 0.3 is 18.7 Å². The minimum absolute atomic E-state index is 0.0458. The molecular weight excluding hydrogens is 457 g/mol. The number of anilines is 3. The number of aromatic nitrogens is 2. The Morgan fingerprint density at radius 2 is 2.00 bits per heavy atom. The number of carbonyl (C=O) groups is 3. The third kappa shape index (κ3) is 7.05. The van der Waals surface area contributed by atoms with Crippen molar-refractivity contribution in [2.45, 2.75) is 33.0 Å². The summed E-state index contributed by atoms with van der Waals surface area (Å²) in [4.78, 5) is 45.7. The average molecular weight is 482 g/mol. The van der Waals surface area contributed by atoms with Crippen LogP contribution in [0.2, 0.25) is 0 Å². The van der Waals surface area contributed by atoms with Crippen molar-refractivity contribution in [2.75, 3.05) is 34.8 Å². The molecule has 184 valence electrons. The number of urea groups is 1. The van der Waals surface area contributed by atoms with Crippen LogP contribution in [0.1, 0.15) is 29.4 Å². The molecular formula is C21H25F3N6O4. The number of aryl methyl sites for hydroxylation is 1. The molecule has 34 heavy (non-hydrogen) atoms. The largest absolute Gasteiger partial charge is 0.478 e. The molecule has 4 rings (SSSR count). The lowest BCUT2D eigenvalue weighted by Crippen LogP contribution is -2.48. The molecule has 0 spiro atoms. The van der Waals surface area contributed by atoms with E-state index in [-0.39, 0.29) is 23.5 Å². The van der Waals surface area contributed by atoms with Gasteiger partial charge in [0, 0.05) is 31.5 Å². The normalized spacial score (nSPS) is 15.3. The monoisotopic (exact) mass is 482 g/mol. The van der Waals surface area contributed by atoms with E-state index < -0.39 is 12.6 Å². The Labute approximate surface area is 193 Å². The number of halogens is 3. The molecule has 2 aromatic heterocycles. The van der Waals surface area contributed by atoms with Crippen LogP contribution in [0.3, 0.4) is 0 Å². The molecule has 0 aliphatic carbocycles. The second-order valence-electron chi connectivity index (χ2n) is 7.14. The van der Waals surface area contributed by atoms with Crippen molar-refractivity contribution in [3.63, 3.8) is 0 Å². The highest BCUT2D eigenvalue weighted by atomic mass is 19.4. The molecule has 4 heterocycles. The topological polar surface area (TPSA) is 128 Å². The van der Waals surface area contributed by atoms with Crippen LogP contribution in [0.4, 0.5) is 35.3 Å². The lowest BCUT2D eigenvalue weighted by atomic mass is 10.2. The fourth-order valence-electron chi connectivity index (χ4n) is 3.45. The maximum Gasteiger partial charge on any atom is 0.379 e. The molecule has 2 aliphatic rings. The predicted octanol–water partition coefficient (Wildman–Crippen LogP) is 3.04. The molecule has 2 aromatic rings. The first-order valence-corrected chi connectivity index (χ1v) is 10.3. The van der Waals surface area contributed by atoms with Crippen LogP contribution in [0.25, 0.3) is 0 Å². The van der Waals surface area contributed by atoms with Crippen LogP contribution in [-0.2, 0) is 4.79 Å². The summed E-state index contributed by atoms with van der Waals surface area (Å²) in [6, 6.07) is 6.35. The first kappa shape index (κ1) is 26.4. The van der Waals surface area contributed by atoms with Crippen molar-refractivity contribution in [3.8, 4) is 0 Å². The molecule has 1 fully saturated rings. The molecule has 0 saturated carbocycles. The Hall–Kier alpha value is -3.90. The van der Waals surface area contributed by atoms with Gasteiger partial charge in [-0.2, -0.15) is 13.2 Å². The van der Waals surface area contributed by atoms with Gasteiger partial charge in [-0.15, -0.1) is 0 Å². The zero-order valence-corrected chi connectivity index (χ0v) is 18.5. The summed E-state index contributed by atoms with van der Waals surface area (Å²) in [7, 11) is 0. The van der Waals surface area contributed by atoms with E-state index >= 15 is 0 Å². The van der Waals surface area contributed by atoms with Gasteiger partial charge in [0.25, 0.3) is 0 Å². The number of aromatic carboxylic acids is 1. The Bertz CT molecular complexity index is 1010. The maximum absolute atomic E-state index is 12.9. The van der Waals surface area contributed by atoms with E-state index in [9.17, 15) is 27.6 Å². The smallest absolute Gasteiger partial charge is 0.379 e. The number of rotatable bonds is 4. The lowest BCUT2D eigenvalue weighted by molar-refractivity contribution is -0.109. The molecule has 3 amide bonds. The van der Waals surface area contributed by atoms with Crippen LogP contribution in [0, 0.1) is 6.92 Å². The lowest BCUT2D eigenvalue weighted by Gasteiger charge is -2.35. The molecule has 13 heteroatoms. The zero-order valence-electron chi connectivity index (χ0n) is 18.5. The van der Waals surface area contributed by atoms with Crippen molar-refractivity contribution in [1.82, 2.24) is 15.3 Å². The van der Waals surface area contributed by atoms with Crippen LogP contribution in [0.5, 0.6) is 0 Å². The molecule has 2 bridgehead atoms. The minimum Gasteiger partial charge on any atom is -0.478 e. The van der Waals surface area contributed by atoms with Crippen LogP contribution >= 0.6 is 0 Å². The Kier molecular flexibility index (Phi) is 9.59. The van der Waals surface area contributed by atoms with Crippen LogP contribution < -0.4 is 20.4 Å². The number of amides is 3. The fraction of sp³-hybridized carbons (Fsp3) is 0.381. The summed E-state index contributed by atoms with van der Waals surface area (Å²) in [5.41, 5.74) is 1.86. The Morgan fingerprint density at radius 1 is 1.29 bits per heavy atom. The second kappa shape index (κ2) is 12.4. The number of hydrogen-bond donors (Lipinski definition) is 3. The second-order valence-corrected chi connectivity index (χ2v) is 7.14. The zero-order chi connectivity index (χ0) is 25.3. The third-order valence-electron chi connectivity index (χ3n) is 4.84. The summed E-state index contributed by atoms with van der Waals surface area (Å²) in [6.45, 7) is 2.48. The summed E-state index contributed by atoms with van der Waals surface area (Å²) in [5, 5.41) is 14.2. The third-order valence-corrected chi connectivity index (χ3v) is 4.84. The highest BCUT2D eigenvalue weighted by Gasteiger charge is 2.40. The van der Waals surface area contributed by atoms with E-state index in [0.29, 0.717) is 12.2 Å². The predicted molar refractivity (Wildman–Crippen MR) is 119 cm³/mol. The van der Waals surface area contributed by atoms with Crippen LogP contribution in [0.15, 0.2) is 30.5 Å². The number of nitrogens with one attached hydrogen (secondary N) is 2. The summed E-state index contributed by atoms with van der Waals surface area (Å²) in [5.74, 6) is -0.217. The molecule has 1 unspecified atom stereocenters. The van der Waals surface area contributed by atoms with Gasteiger partial charge in [0.15, 0.2) is 5.82 Å². The van der Waals surface area contributed by atoms with Gasteiger partial charge in [0.1, 0.15) is 5.82 Å². The summed E-state index contributed by atoms with van der Waals surface area (Å²) < 4.78 is 29.0. The maximum atomic E-state index is 12.9. The van der Waals surface area contributed by atoms with Gasteiger partial charge in [-0.25, -0.2) is 19.6 Å². The number of fused-ring (bicyclic) bond motifs is 4. The number of nitrogens with zero attached hydrogens (tertiary/aromatic N) is 4. The average Bonchev–Trinajstić information content (AvgIpc) is 3.18. The van der Waals surface area contributed by atoms with Gasteiger partial charge in [-0.3, -0.25) is 15.0 Å². The Morgan fingerprint density at radius 3 is 2.59 bits per heavy atom. The number of carboxylic acid groups (broad SMARTS) is 1. The van der Waals surface area contributed by atoms with Gasteiger partial charge in [0.2, 0.25) is 6.41 Å². The molecule has 1 atom stereocenters. The first-order chi connectivity index (χ1) is 16.2. The van der Waals surface area contributed by atoms with E-state index in [1.165, 1.54) is 18.3 Å². The quantitative estimate of drug-likeness (QED) is 0.572. The number of alkyl halides is 3. The molecule has 0 radical (unpaired) electrons. The molecule has 3 N–H and O–H groups in total. The SMILES string of the molecule is CCNC=O.Cc1ccc2c(n1)N(C(=O)Nc1cc(C(=O)O)ccn1)C1CCN2C1.FC(F)F. The van der Waals surface area contributed by atoms with Gasteiger partial charge in [-0.05, 0) is 44.5 Å². The standard InChI is InChI=1S/C17H17N5O3.C3H7NO.CHF3/c1-10-2-3-13-15(19-10)22(12-5-7-21(13)9-12)17(25)20-14-8-11(16(23)24)4-6-18-14;1-2-4-3-5;2-1(3)4/h2-4,6,8,12H,5,7,9H2,1H3,(H,23,24)(H,18,20,25);3H,2H2,1H3,(H,4,5);1H. The number of carbonyl (C=O) groups excluding carboxylic acids is 2. The van der Waals surface area contributed by atoms with Crippen molar-refractivity contribution < 1.29 is 32.7 Å². The molecule has 1 saturated heterocycles. The van der Waals surface area contributed by atoms with Crippen molar-refractivity contribution in [3.05, 3.63) is 41.7 Å². The van der Waals surface area contributed by atoms with E-state index in [0.717, 1.165) is 37.4 Å². The van der Waals surface area contributed by atoms with E-state index in [2.05, 4.69) is 25.5 Å². The highest BCUT2D eigenvalue weighted by molar-refractivity contribution is 6.04. The van der Waals surface area contributed by atoms with Crippen molar-refractivity contribution in [2.24, 2.45) is 0 Å². The molecule has 10 nitrogen and oxygen atoms in total. The highest BCUT2D eigenvalue weighted by Crippen LogP contribution is 2.38. The number of pyridine rings is 2. The number of carboxylic acids is 1. The fourth-order valence-corrected chi connectivity index (χ4v) is 3.45. The van der Waals surface area contributed by atoms with E-state index in [4.69, 9.17) is 5.11 Å². The number of hydrogen-bond acceptors (Lipinski definition) is 6. The summed E-state index contributed by atoms with van der Waals surface area (Å²) in [6.07, 6.45) is 2.91. The Balaban J connectivity index is 0.000000391. The molecule has 2 aliphatic heterocycles. The van der Waals surface area contributed by atoms with Crippen molar-refractivity contribution >= 4 is 35.7 Å². The summed E-state index contributed by atoms with van der Waals surface area (Å²) >= 11 is 0. The van der Waals surface area contributed by atoms with E-state index in [1.54, 1.807) is 4.90 Å². The van der Waals surface area contributed by atoms with E-state index in [1.807, 2.05) is 26.0 Å². The first-order valence-electron chi connectivity index (χ1n) is 10.3. The minimum atomic E-state index is -3.67. The van der Waals surface area contributed by atoms with Gasteiger partial charge in [0.05, 0.1) is 17.3 Å². The van der Waals surface area contributed by atoms with Crippen LogP contribution in [-0.4, -0.2) is 65.8 Å². The van der Waals surface area contributed by atoms with Gasteiger partial charge < -0.3 is 15.3 Å². The molecule has 0 aromatic carbocycles. The van der Waals surface area contributed by atoms with Crippen molar-refractivity contribution in [1.29, 1.82) is 0 Å². The van der Waals surface area contributed by atoms with Gasteiger partial charge in [-0.1, -0.05) is 0 Å².